The summed E-state index contributed by atoms with van der Waals surface area (Å²) in [4.78, 5) is 37.0. The zero-order chi connectivity index (χ0) is 23.9. The summed E-state index contributed by atoms with van der Waals surface area (Å²) >= 11 is 0. The Morgan fingerprint density at radius 2 is 1.65 bits per heavy atom. The van der Waals surface area contributed by atoms with Gasteiger partial charge in [-0.05, 0) is 36.8 Å². The Morgan fingerprint density at radius 3 is 2.38 bits per heavy atom. The van der Waals surface area contributed by atoms with E-state index < -0.39 is 18.1 Å². The van der Waals surface area contributed by atoms with E-state index in [9.17, 15) is 14.4 Å². The van der Waals surface area contributed by atoms with Crippen LogP contribution in [0.1, 0.15) is 12.5 Å². The third-order valence-electron chi connectivity index (χ3n) is 4.80. The Morgan fingerprint density at radius 1 is 0.941 bits per heavy atom. The topological polar surface area (TPSA) is 104 Å². The molecule has 1 amide bonds. The third kappa shape index (κ3) is 5.60. The molecule has 1 N–H and O–H groups in total. The molecule has 0 saturated carbocycles. The highest BCUT2D eigenvalue weighted by Crippen LogP contribution is 2.24. The molecule has 1 atom stereocenters. The van der Waals surface area contributed by atoms with Crippen molar-refractivity contribution in [3.8, 4) is 17.2 Å². The lowest BCUT2D eigenvalue weighted by Crippen LogP contribution is -2.41. The number of carbonyl (C=O) groups excluding carboxylic acids is 2. The summed E-state index contributed by atoms with van der Waals surface area (Å²) < 4.78 is 21.5. The first-order valence-electron chi connectivity index (χ1n) is 10.5. The molecule has 0 aliphatic heterocycles. The lowest BCUT2D eigenvalue weighted by Gasteiger charge is -2.13. The maximum absolute atomic E-state index is 12.7. The molecule has 8 heteroatoms. The van der Waals surface area contributed by atoms with Crippen molar-refractivity contribution in [1.82, 2.24) is 5.32 Å². The summed E-state index contributed by atoms with van der Waals surface area (Å²) in [5.74, 6) is -0.00941. The zero-order valence-corrected chi connectivity index (χ0v) is 18.2. The Bertz CT molecular complexity index is 1350. The standard InChI is InChI=1S/C26H21NO7/c1-17(27-26(30)32-15-18-8-4-2-5-9-18)25(29)34-20-12-13-21-22(14-20)31-16-23(24(21)28)33-19-10-6-3-7-11-19/h2-14,16-17H,15H2,1H3,(H,27,30)/t17-/m0/s1. The molecule has 0 unspecified atom stereocenters. The first kappa shape index (κ1) is 22.6. The quantitative estimate of drug-likeness (QED) is 0.313. The van der Waals surface area contributed by atoms with Crippen LogP contribution in [0.4, 0.5) is 4.79 Å². The number of amides is 1. The number of benzene rings is 3. The lowest BCUT2D eigenvalue weighted by molar-refractivity contribution is -0.136. The van der Waals surface area contributed by atoms with Crippen LogP contribution in [0.3, 0.4) is 0 Å². The van der Waals surface area contributed by atoms with Crippen molar-refractivity contribution in [2.24, 2.45) is 0 Å². The van der Waals surface area contributed by atoms with Crippen LogP contribution in [-0.4, -0.2) is 18.1 Å². The monoisotopic (exact) mass is 459 g/mol. The number of nitrogens with one attached hydrogen (secondary N) is 1. The van der Waals surface area contributed by atoms with Crippen LogP contribution in [0.5, 0.6) is 17.2 Å². The van der Waals surface area contributed by atoms with Gasteiger partial charge in [0.2, 0.25) is 11.2 Å². The van der Waals surface area contributed by atoms with Gasteiger partial charge in [-0.15, -0.1) is 0 Å². The fraction of sp³-hybridized carbons (Fsp3) is 0.115. The number of esters is 1. The number of ether oxygens (including phenoxy) is 3. The van der Waals surface area contributed by atoms with Crippen LogP contribution < -0.4 is 20.2 Å². The summed E-state index contributed by atoms with van der Waals surface area (Å²) in [6.45, 7) is 1.55. The molecule has 0 radical (unpaired) electrons. The van der Waals surface area contributed by atoms with Crippen molar-refractivity contribution in [3.63, 3.8) is 0 Å². The van der Waals surface area contributed by atoms with Gasteiger partial charge in [0.05, 0.1) is 5.39 Å². The summed E-state index contributed by atoms with van der Waals surface area (Å²) in [6, 6.07) is 21.4. The normalized spacial score (nSPS) is 11.4. The highest BCUT2D eigenvalue weighted by atomic mass is 16.6. The minimum Gasteiger partial charge on any atom is -0.460 e. The van der Waals surface area contributed by atoms with E-state index in [1.54, 1.807) is 24.3 Å². The van der Waals surface area contributed by atoms with Crippen LogP contribution in [0.25, 0.3) is 11.0 Å². The van der Waals surface area contributed by atoms with Gasteiger partial charge < -0.3 is 23.9 Å². The largest absolute Gasteiger partial charge is 0.460 e. The van der Waals surface area contributed by atoms with Crippen molar-refractivity contribution in [1.29, 1.82) is 0 Å². The molecule has 0 fully saturated rings. The summed E-state index contributed by atoms with van der Waals surface area (Å²) in [5, 5.41) is 2.69. The summed E-state index contributed by atoms with van der Waals surface area (Å²) in [5.41, 5.74) is 0.681. The number of carbonyl (C=O) groups is 2. The maximum Gasteiger partial charge on any atom is 0.408 e. The Hall–Kier alpha value is -4.59. The molecule has 3 aromatic carbocycles. The second-order valence-electron chi connectivity index (χ2n) is 7.35. The van der Waals surface area contributed by atoms with Crippen molar-refractivity contribution in [2.45, 2.75) is 19.6 Å². The van der Waals surface area contributed by atoms with Crippen molar-refractivity contribution in [2.75, 3.05) is 0 Å². The van der Waals surface area contributed by atoms with Gasteiger partial charge in [-0.25, -0.2) is 9.59 Å². The average molecular weight is 459 g/mol. The molecule has 0 saturated heterocycles. The molecule has 34 heavy (non-hydrogen) atoms. The lowest BCUT2D eigenvalue weighted by atomic mass is 10.2. The second kappa shape index (κ2) is 10.4. The molecule has 1 heterocycles. The fourth-order valence-electron chi connectivity index (χ4n) is 3.05. The summed E-state index contributed by atoms with van der Waals surface area (Å²) in [7, 11) is 0. The SMILES string of the molecule is C[C@H](NC(=O)OCc1ccccc1)C(=O)Oc1ccc2c(=O)c(Oc3ccccc3)coc2c1. The van der Waals surface area contributed by atoms with Gasteiger partial charge in [0.15, 0.2) is 0 Å². The van der Waals surface area contributed by atoms with E-state index in [1.807, 2.05) is 36.4 Å². The van der Waals surface area contributed by atoms with Crippen LogP contribution in [0.2, 0.25) is 0 Å². The van der Waals surface area contributed by atoms with Gasteiger partial charge in [0.1, 0.15) is 36.0 Å². The molecule has 172 valence electrons. The molecule has 1 aromatic heterocycles. The molecule has 0 spiro atoms. The van der Waals surface area contributed by atoms with Gasteiger partial charge in [0, 0.05) is 6.07 Å². The molecule has 4 rings (SSSR count). The smallest absolute Gasteiger partial charge is 0.408 e. The zero-order valence-electron chi connectivity index (χ0n) is 18.2. The van der Waals surface area contributed by atoms with E-state index in [0.29, 0.717) is 5.75 Å². The minimum absolute atomic E-state index is 0.0373. The van der Waals surface area contributed by atoms with Crippen molar-refractivity contribution < 1.29 is 28.2 Å². The molecular weight excluding hydrogens is 438 g/mol. The summed E-state index contributed by atoms with van der Waals surface area (Å²) in [6.07, 6.45) is 0.458. The highest BCUT2D eigenvalue weighted by molar-refractivity contribution is 5.84. The predicted octanol–water partition coefficient (Wildman–Crippen LogP) is 4.81. The number of hydrogen-bond acceptors (Lipinski definition) is 7. The molecular formula is C26H21NO7. The number of hydrogen-bond donors (Lipinski definition) is 1. The Kier molecular flexibility index (Phi) is 6.88. The van der Waals surface area contributed by atoms with Crippen LogP contribution >= 0.6 is 0 Å². The van der Waals surface area contributed by atoms with E-state index in [4.69, 9.17) is 18.6 Å². The second-order valence-corrected chi connectivity index (χ2v) is 7.35. The van der Waals surface area contributed by atoms with E-state index in [0.717, 1.165) is 5.56 Å². The molecule has 8 nitrogen and oxygen atoms in total. The first-order valence-corrected chi connectivity index (χ1v) is 10.5. The van der Waals surface area contributed by atoms with Gasteiger partial charge in [-0.1, -0.05) is 48.5 Å². The predicted molar refractivity (Wildman–Crippen MR) is 124 cm³/mol. The van der Waals surface area contributed by atoms with E-state index in [2.05, 4.69) is 5.32 Å². The first-order chi connectivity index (χ1) is 16.5. The highest BCUT2D eigenvalue weighted by Gasteiger charge is 2.19. The van der Waals surface area contributed by atoms with Crippen molar-refractivity contribution in [3.05, 3.63) is 101 Å². The number of fused-ring (bicyclic) bond motifs is 1. The number of para-hydroxylation sites is 1. The maximum atomic E-state index is 12.7. The van der Waals surface area contributed by atoms with Gasteiger partial charge in [0.25, 0.3) is 0 Å². The average Bonchev–Trinajstić information content (AvgIpc) is 2.86. The van der Waals surface area contributed by atoms with Gasteiger partial charge in [-0.3, -0.25) is 4.79 Å². The van der Waals surface area contributed by atoms with E-state index >= 15 is 0 Å². The van der Waals surface area contributed by atoms with Crippen molar-refractivity contribution >= 4 is 23.0 Å². The molecule has 0 bridgehead atoms. The molecule has 0 aliphatic rings. The molecule has 0 aliphatic carbocycles. The number of alkyl carbamates (subject to hydrolysis) is 1. The number of rotatable bonds is 7. The van der Waals surface area contributed by atoms with Crippen LogP contribution in [0, 0.1) is 0 Å². The minimum atomic E-state index is -0.965. The fourth-order valence-corrected chi connectivity index (χ4v) is 3.05. The van der Waals surface area contributed by atoms with E-state index in [-0.39, 0.29) is 34.5 Å². The van der Waals surface area contributed by atoms with Gasteiger partial charge >= 0.3 is 12.1 Å². The van der Waals surface area contributed by atoms with Gasteiger partial charge in [-0.2, -0.15) is 0 Å². The Labute approximate surface area is 194 Å². The van der Waals surface area contributed by atoms with E-state index in [1.165, 1.54) is 31.4 Å². The molecule has 4 aromatic rings. The third-order valence-corrected chi connectivity index (χ3v) is 4.80. The van der Waals surface area contributed by atoms with Crippen LogP contribution in [0.15, 0.2) is 94.3 Å². The Balaban J connectivity index is 1.37. The van der Waals surface area contributed by atoms with Crippen LogP contribution in [-0.2, 0) is 16.1 Å².